The van der Waals surface area contributed by atoms with Crippen molar-refractivity contribution in [1.82, 2.24) is 24.4 Å². The van der Waals surface area contributed by atoms with Crippen molar-refractivity contribution in [1.29, 1.82) is 0 Å². The fourth-order valence-electron chi connectivity index (χ4n) is 6.70. The van der Waals surface area contributed by atoms with E-state index in [0.29, 0.717) is 22.7 Å². The molecule has 10 nitrogen and oxygen atoms in total. The third-order valence-electron chi connectivity index (χ3n) is 8.88. The van der Waals surface area contributed by atoms with Crippen LogP contribution in [0.1, 0.15) is 51.3 Å². The second kappa shape index (κ2) is 10.8. The lowest BCUT2D eigenvalue weighted by molar-refractivity contribution is -0.143. The molecule has 1 aromatic carbocycles. The standard InChI is InChI=1S/C32H37ClFN5O5/c1-17-7-19(33)9-23(22(17)10-20-14-37(15-21(11-34)43-20)30(42)44-31(2,3)4)27-24-8-18(13-39(24)36-16-35-27)12-38-28(40)25-26(29(38)41)32(25,5)6/h7-9,13,16,20-21,25-26H,10-12,14-15H2,1-6H3. The number of piperidine rings is 1. The van der Waals surface area contributed by atoms with Crippen molar-refractivity contribution in [2.45, 2.75) is 72.3 Å². The molecule has 0 bridgehead atoms. The van der Waals surface area contributed by atoms with Gasteiger partial charge >= 0.3 is 6.09 Å². The van der Waals surface area contributed by atoms with Crippen LogP contribution in [0.5, 0.6) is 0 Å². The molecule has 4 heterocycles. The highest BCUT2D eigenvalue weighted by Gasteiger charge is 2.72. The summed E-state index contributed by atoms with van der Waals surface area (Å²) in [5.41, 5.74) is 3.61. The van der Waals surface area contributed by atoms with Gasteiger partial charge < -0.3 is 14.4 Å². The van der Waals surface area contributed by atoms with Gasteiger partial charge in [-0.05, 0) is 68.0 Å². The van der Waals surface area contributed by atoms with Crippen molar-refractivity contribution in [2.24, 2.45) is 17.3 Å². The van der Waals surface area contributed by atoms with E-state index in [1.54, 1.807) is 31.5 Å². The maximum atomic E-state index is 13.9. The summed E-state index contributed by atoms with van der Waals surface area (Å²) in [7, 11) is 0. The average molecular weight is 626 g/mol. The number of ether oxygens (including phenoxy) is 2. The van der Waals surface area contributed by atoms with Crippen molar-refractivity contribution >= 4 is 35.0 Å². The first-order valence-corrected chi connectivity index (χ1v) is 15.2. The zero-order valence-corrected chi connectivity index (χ0v) is 26.5. The summed E-state index contributed by atoms with van der Waals surface area (Å²) in [6.07, 6.45) is 1.82. The Balaban J connectivity index is 1.30. The number of aromatic nitrogens is 3. The number of fused-ring (bicyclic) bond motifs is 2. The van der Waals surface area contributed by atoms with Crippen LogP contribution in [0.3, 0.4) is 0 Å². The number of benzene rings is 1. The lowest BCUT2D eigenvalue weighted by Crippen LogP contribution is -2.52. The molecule has 0 radical (unpaired) electrons. The van der Waals surface area contributed by atoms with Gasteiger partial charge in [0.1, 0.15) is 24.7 Å². The van der Waals surface area contributed by atoms with Crippen molar-refractivity contribution in [3.05, 3.63) is 52.4 Å². The monoisotopic (exact) mass is 625 g/mol. The minimum absolute atomic E-state index is 0.106. The molecular formula is C32H37ClFN5O5. The molecule has 2 aliphatic heterocycles. The number of alkyl halides is 1. The summed E-state index contributed by atoms with van der Waals surface area (Å²) in [6, 6.07) is 5.55. The number of amides is 3. The first-order valence-electron chi connectivity index (χ1n) is 14.8. The molecule has 6 rings (SSSR count). The van der Waals surface area contributed by atoms with Gasteiger partial charge in [0, 0.05) is 23.2 Å². The second-order valence-electron chi connectivity index (χ2n) is 13.7. The number of likely N-dealkylation sites (tertiary alicyclic amines) is 1. The van der Waals surface area contributed by atoms with E-state index in [2.05, 4.69) is 10.1 Å². The lowest BCUT2D eigenvalue weighted by Gasteiger charge is -2.38. The average Bonchev–Trinajstić information content (AvgIpc) is 3.18. The SMILES string of the molecule is Cc1cc(Cl)cc(-c2ncnn3cc(CN4C(=O)C5C(C4=O)C5(C)C)cc23)c1CC1CN(C(=O)OC(C)(C)C)CC(CF)O1. The van der Waals surface area contributed by atoms with Gasteiger partial charge in [0.15, 0.2) is 0 Å². The van der Waals surface area contributed by atoms with Crippen molar-refractivity contribution in [3.63, 3.8) is 0 Å². The Morgan fingerprint density at radius 2 is 1.82 bits per heavy atom. The van der Waals surface area contributed by atoms with E-state index >= 15 is 0 Å². The van der Waals surface area contributed by atoms with E-state index in [1.807, 2.05) is 39.0 Å². The number of aryl methyl sites for hydroxylation is 1. The molecule has 4 unspecified atom stereocenters. The summed E-state index contributed by atoms with van der Waals surface area (Å²) in [4.78, 5) is 46.3. The fraction of sp³-hybridized carbons (Fsp3) is 0.531. The normalized spacial score (nSPS) is 24.6. The molecule has 3 aliphatic rings. The van der Waals surface area contributed by atoms with Crippen LogP contribution in [0.25, 0.3) is 16.8 Å². The summed E-state index contributed by atoms with van der Waals surface area (Å²) >= 11 is 6.55. The Kier molecular flexibility index (Phi) is 7.48. The quantitative estimate of drug-likeness (QED) is 0.354. The molecule has 4 atom stereocenters. The predicted molar refractivity (Wildman–Crippen MR) is 161 cm³/mol. The summed E-state index contributed by atoms with van der Waals surface area (Å²) < 4.78 is 27.2. The van der Waals surface area contributed by atoms with Crippen LogP contribution in [0.4, 0.5) is 9.18 Å². The first kappa shape index (κ1) is 30.5. The van der Waals surface area contributed by atoms with Crippen LogP contribution in [-0.4, -0.2) is 79.9 Å². The Morgan fingerprint density at radius 1 is 1.14 bits per heavy atom. The largest absolute Gasteiger partial charge is 0.444 e. The minimum Gasteiger partial charge on any atom is -0.444 e. The topological polar surface area (TPSA) is 106 Å². The Morgan fingerprint density at radius 3 is 2.48 bits per heavy atom. The number of halogens is 2. The molecular weight excluding hydrogens is 589 g/mol. The molecule has 12 heteroatoms. The Labute approximate surface area is 260 Å². The van der Waals surface area contributed by atoms with Crippen LogP contribution < -0.4 is 0 Å². The number of hydrogen-bond donors (Lipinski definition) is 0. The zero-order valence-electron chi connectivity index (χ0n) is 25.8. The number of carbonyl (C=O) groups excluding carboxylic acids is 3. The highest BCUT2D eigenvalue weighted by atomic mass is 35.5. The molecule has 0 N–H and O–H groups in total. The molecule has 2 aromatic heterocycles. The molecule has 3 fully saturated rings. The molecule has 1 aliphatic carbocycles. The molecule has 3 amide bonds. The maximum Gasteiger partial charge on any atom is 0.410 e. The van der Waals surface area contributed by atoms with E-state index in [-0.39, 0.29) is 48.7 Å². The molecule has 1 saturated carbocycles. The minimum atomic E-state index is -0.774. The van der Waals surface area contributed by atoms with Crippen LogP contribution in [-0.2, 0) is 32.0 Å². The number of morpholine rings is 1. The zero-order chi connectivity index (χ0) is 31.7. The second-order valence-corrected chi connectivity index (χ2v) is 14.1. The fourth-order valence-corrected chi connectivity index (χ4v) is 6.97. The van der Waals surface area contributed by atoms with E-state index in [9.17, 15) is 18.8 Å². The number of carbonyl (C=O) groups is 3. The smallest absolute Gasteiger partial charge is 0.410 e. The number of imide groups is 1. The summed E-state index contributed by atoms with van der Waals surface area (Å²) in [5.74, 6) is -0.744. The van der Waals surface area contributed by atoms with Gasteiger partial charge in [-0.1, -0.05) is 25.4 Å². The Hall–Kier alpha value is -3.57. The van der Waals surface area contributed by atoms with Gasteiger partial charge in [-0.15, -0.1) is 0 Å². The third kappa shape index (κ3) is 5.45. The lowest BCUT2D eigenvalue weighted by atomic mass is 9.93. The van der Waals surface area contributed by atoms with Crippen LogP contribution in [0, 0.1) is 24.2 Å². The van der Waals surface area contributed by atoms with Gasteiger partial charge in [-0.2, -0.15) is 5.10 Å². The highest BCUT2D eigenvalue weighted by molar-refractivity contribution is 6.31. The summed E-state index contributed by atoms with van der Waals surface area (Å²) in [5, 5.41) is 4.89. The van der Waals surface area contributed by atoms with Gasteiger partial charge in [0.2, 0.25) is 11.8 Å². The molecule has 234 valence electrons. The van der Waals surface area contributed by atoms with Gasteiger partial charge in [-0.3, -0.25) is 14.5 Å². The predicted octanol–water partition coefficient (Wildman–Crippen LogP) is 5.02. The first-order chi connectivity index (χ1) is 20.7. The number of rotatable bonds is 6. The number of hydrogen-bond acceptors (Lipinski definition) is 7. The highest BCUT2D eigenvalue weighted by Crippen LogP contribution is 2.63. The van der Waals surface area contributed by atoms with Crippen LogP contribution in [0.15, 0.2) is 30.7 Å². The van der Waals surface area contributed by atoms with Crippen LogP contribution in [0.2, 0.25) is 5.02 Å². The van der Waals surface area contributed by atoms with E-state index in [0.717, 1.165) is 22.3 Å². The molecule has 0 spiro atoms. The molecule has 2 saturated heterocycles. The number of nitrogens with zero attached hydrogens (tertiary/aromatic N) is 5. The molecule has 3 aromatic rings. The van der Waals surface area contributed by atoms with Crippen LogP contribution >= 0.6 is 11.6 Å². The Bertz CT molecular complexity index is 1640. The summed E-state index contributed by atoms with van der Waals surface area (Å²) in [6.45, 7) is 11.0. The van der Waals surface area contributed by atoms with E-state index in [1.165, 1.54) is 16.1 Å². The maximum absolute atomic E-state index is 13.9. The van der Waals surface area contributed by atoms with Crippen molar-refractivity contribution in [2.75, 3.05) is 19.8 Å². The van der Waals surface area contributed by atoms with Crippen molar-refractivity contribution < 1.29 is 28.2 Å². The van der Waals surface area contributed by atoms with E-state index < -0.39 is 30.6 Å². The van der Waals surface area contributed by atoms with Gasteiger partial charge in [-0.25, -0.2) is 18.7 Å². The van der Waals surface area contributed by atoms with E-state index in [4.69, 9.17) is 21.1 Å². The van der Waals surface area contributed by atoms with Gasteiger partial charge in [0.05, 0.1) is 48.8 Å². The molecule has 44 heavy (non-hydrogen) atoms. The van der Waals surface area contributed by atoms with Crippen molar-refractivity contribution in [3.8, 4) is 11.3 Å². The third-order valence-corrected chi connectivity index (χ3v) is 9.09. The van der Waals surface area contributed by atoms with Gasteiger partial charge in [0.25, 0.3) is 0 Å².